The van der Waals surface area contributed by atoms with Gasteiger partial charge in [-0.05, 0) is 46.5 Å². The molecule has 1 aliphatic heterocycles. The molecule has 0 aliphatic carbocycles. The van der Waals surface area contributed by atoms with E-state index in [0.717, 1.165) is 19.3 Å². The Hall–Kier alpha value is -2.28. The molecule has 1 atom stereocenters. The number of hydrogen-bond donors (Lipinski definition) is 0. The molecule has 0 bridgehead atoms. The van der Waals surface area contributed by atoms with Crippen molar-refractivity contribution in [2.45, 2.75) is 57.7 Å². The van der Waals surface area contributed by atoms with Crippen LogP contribution in [0.4, 0.5) is 18.0 Å². The largest absolute Gasteiger partial charge is 0.523 e. The van der Waals surface area contributed by atoms with Gasteiger partial charge in [-0.2, -0.15) is 21.6 Å². The fraction of sp³-hybridized carbons (Fsp3) is 0.684. The van der Waals surface area contributed by atoms with Gasteiger partial charge < -0.3 is 18.8 Å². The van der Waals surface area contributed by atoms with Crippen molar-refractivity contribution in [1.82, 2.24) is 4.90 Å². The molecule has 182 valence electrons. The molecule has 0 saturated carbocycles. The molecule has 9 nitrogen and oxygen atoms in total. The molecule has 2 heterocycles. The summed E-state index contributed by atoms with van der Waals surface area (Å²) in [5.74, 6) is -0.512. The number of amides is 1. The van der Waals surface area contributed by atoms with Gasteiger partial charge in [0.25, 0.3) is 0 Å². The third kappa shape index (κ3) is 7.12. The van der Waals surface area contributed by atoms with Gasteiger partial charge in [0.05, 0.1) is 6.61 Å². The molecule has 1 aliphatic rings. The van der Waals surface area contributed by atoms with Crippen molar-refractivity contribution in [3.63, 3.8) is 0 Å². The summed E-state index contributed by atoms with van der Waals surface area (Å²) >= 11 is 0. The fourth-order valence-electron chi connectivity index (χ4n) is 2.84. The van der Waals surface area contributed by atoms with Crippen LogP contribution in [0.1, 0.15) is 52.4 Å². The van der Waals surface area contributed by atoms with Crippen LogP contribution in [-0.2, 0) is 19.0 Å². The summed E-state index contributed by atoms with van der Waals surface area (Å²) < 4.78 is 79.3. The number of carbonyl (C=O) groups is 1. The smallest absolute Gasteiger partial charge is 0.486 e. The zero-order chi connectivity index (χ0) is 24.3. The number of carbonyl (C=O) groups excluding carboxylic acids is 1. The van der Waals surface area contributed by atoms with Crippen molar-refractivity contribution in [1.29, 1.82) is 0 Å². The second-order valence-corrected chi connectivity index (χ2v) is 9.93. The van der Waals surface area contributed by atoms with Crippen LogP contribution in [0.5, 0.6) is 5.75 Å². The monoisotopic (exact) mass is 485 g/mol. The molecular weight excluding hydrogens is 459 g/mol. The van der Waals surface area contributed by atoms with E-state index >= 15 is 0 Å². The predicted octanol–water partition coefficient (Wildman–Crippen LogP) is 3.59. The standard InChI is InChI=1S/C19H26F3NO8S/c1-12(31-32(26,27)19(20,21)22)15-9-14(24)16(11-29-15)28-10-13-5-7-23(8-6-13)17(25)30-18(2,3)4/h9,11-13H,5-8,10H2,1-4H3. The van der Waals surface area contributed by atoms with E-state index in [0.29, 0.717) is 25.9 Å². The first-order valence-corrected chi connectivity index (χ1v) is 11.2. The van der Waals surface area contributed by atoms with Gasteiger partial charge in [0.15, 0.2) is 0 Å². The van der Waals surface area contributed by atoms with E-state index in [1.54, 1.807) is 25.7 Å². The number of piperidine rings is 1. The molecule has 0 radical (unpaired) electrons. The van der Waals surface area contributed by atoms with E-state index in [1.807, 2.05) is 0 Å². The summed E-state index contributed by atoms with van der Waals surface area (Å²) in [5.41, 5.74) is -6.88. The third-order valence-electron chi connectivity index (χ3n) is 4.51. The SMILES string of the molecule is CC(OS(=O)(=O)C(F)(F)F)c1cc(=O)c(OCC2CCN(C(=O)OC(C)(C)C)CC2)co1. The molecular formula is C19H26F3NO8S. The van der Waals surface area contributed by atoms with Crippen LogP contribution < -0.4 is 10.2 Å². The fourth-order valence-corrected chi connectivity index (χ4v) is 3.42. The minimum absolute atomic E-state index is 0.0620. The van der Waals surface area contributed by atoms with Gasteiger partial charge in [-0.1, -0.05) is 0 Å². The van der Waals surface area contributed by atoms with Crippen molar-refractivity contribution in [3.8, 4) is 5.75 Å². The molecule has 0 spiro atoms. The maximum absolute atomic E-state index is 12.4. The van der Waals surface area contributed by atoms with Gasteiger partial charge in [0.1, 0.15) is 23.7 Å². The normalized spacial score (nSPS) is 17.2. The predicted molar refractivity (Wildman–Crippen MR) is 105 cm³/mol. The lowest BCUT2D eigenvalue weighted by molar-refractivity contribution is -0.0575. The second-order valence-electron chi connectivity index (χ2n) is 8.37. The van der Waals surface area contributed by atoms with E-state index in [4.69, 9.17) is 13.9 Å². The van der Waals surface area contributed by atoms with Gasteiger partial charge in [-0.25, -0.2) is 4.79 Å². The average molecular weight is 485 g/mol. The van der Waals surface area contributed by atoms with Crippen molar-refractivity contribution in [2.24, 2.45) is 5.92 Å². The van der Waals surface area contributed by atoms with E-state index in [1.165, 1.54) is 0 Å². The van der Waals surface area contributed by atoms with Crippen LogP contribution in [0.2, 0.25) is 0 Å². The minimum Gasteiger partial charge on any atom is -0.486 e. The number of nitrogens with zero attached hydrogens (tertiary/aromatic N) is 1. The van der Waals surface area contributed by atoms with Crippen LogP contribution in [0, 0.1) is 5.92 Å². The molecule has 1 aromatic rings. The minimum atomic E-state index is -5.84. The first-order chi connectivity index (χ1) is 14.6. The first kappa shape index (κ1) is 26.0. The van der Waals surface area contributed by atoms with Gasteiger partial charge in [0, 0.05) is 19.2 Å². The highest BCUT2D eigenvalue weighted by Crippen LogP contribution is 2.30. The van der Waals surface area contributed by atoms with E-state index in [2.05, 4.69) is 4.18 Å². The van der Waals surface area contributed by atoms with Gasteiger partial charge in [-0.15, -0.1) is 0 Å². The molecule has 0 aromatic carbocycles. The Labute approximate surface area is 183 Å². The number of rotatable bonds is 6. The Morgan fingerprint density at radius 2 is 1.84 bits per heavy atom. The van der Waals surface area contributed by atoms with E-state index in [-0.39, 0.29) is 18.3 Å². The highest BCUT2D eigenvalue weighted by atomic mass is 32.2. The van der Waals surface area contributed by atoms with Crippen LogP contribution >= 0.6 is 0 Å². The third-order valence-corrected chi connectivity index (χ3v) is 5.62. The van der Waals surface area contributed by atoms with Crippen LogP contribution in [-0.4, -0.2) is 50.2 Å². The molecule has 13 heteroatoms. The Morgan fingerprint density at radius 1 is 1.25 bits per heavy atom. The molecule has 0 N–H and O–H groups in total. The highest BCUT2D eigenvalue weighted by Gasteiger charge is 2.48. The van der Waals surface area contributed by atoms with Crippen molar-refractivity contribution < 1.29 is 44.5 Å². The molecule has 1 saturated heterocycles. The molecule has 1 amide bonds. The number of hydrogen-bond acceptors (Lipinski definition) is 8. The highest BCUT2D eigenvalue weighted by molar-refractivity contribution is 7.87. The van der Waals surface area contributed by atoms with Crippen LogP contribution in [0.15, 0.2) is 21.5 Å². The van der Waals surface area contributed by atoms with Crippen LogP contribution in [0.25, 0.3) is 0 Å². The molecule has 32 heavy (non-hydrogen) atoms. The zero-order valence-electron chi connectivity index (χ0n) is 18.1. The summed E-state index contributed by atoms with van der Waals surface area (Å²) in [4.78, 5) is 25.9. The summed E-state index contributed by atoms with van der Waals surface area (Å²) in [5, 5.41) is 0. The van der Waals surface area contributed by atoms with E-state index < -0.39 is 44.6 Å². The van der Waals surface area contributed by atoms with Crippen molar-refractivity contribution in [2.75, 3.05) is 19.7 Å². The quantitative estimate of drug-likeness (QED) is 0.444. The molecule has 1 aromatic heterocycles. The lowest BCUT2D eigenvalue weighted by Gasteiger charge is -2.33. The Balaban J connectivity index is 1.89. The van der Waals surface area contributed by atoms with Gasteiger partial charge in [0.2, 0.25) is 11.2 Å². The van der Waals surface area contributed by atoms with Gasteiger partial charge >= 0.3 is 21.7 Å². The second kappa shape index (κ2) is 9.69. The number of ether oxygens (including phenoxy) is 2. The lowest BCUT2D eigenvalue weighted by Crippen LogP contribution is -2.42. The van der Waals surface area contributed by atoms with Crippen molar-refractivity contribution >= 4 is 16.2 Å². The van der Waals surface area contributed by atoms with E-state index in [9.17, 15) is 31.2 Å². The van der Waals surface area contributed by atoms with Crippen molar-refractivity contribution in [3.05, 3.63) is 28.3 Å². The molecule has 1 fully saturated rings. The number of halogens is 3. The van der Waals surface area contributed by atoms with Crippen LogP contribution in [0.3, 0.4) is 0 Å². The summed E-state index contributed by atoms with van der Waals surface area (Å²) in [6, 6.07) is 0.816. The maximum atomic E-state index is 12.4. The summed E-state index contributed by atoms with van der Waals surface area (Å²) in [6.07, 6.45) is 0.0942. The molecule has 2 rings (SSSR count). The van der Waals surface area contributed by atoms with Gasteiger partial charge in [-0.3, -0.25) is 8.98 Å². The topological polar surface area (TPSA) is 112 Å². The Kier molecular flexibility index (Phi) is 7.87. The lowest BCUT2D eigenvalue weighted by atomic mass is 9.98. The average Bonchev–Trinajstić information content (AvgIpc) is 2.64. The Morgan fingerprint density at radius 3 is 2.34 bits per heavy atom. The molecule has 1 unspecified atom stereocenters. The zero-order valence-corrected chi connectivity index (χ0v) is 18.9. The number of alkyl halides is 3. The Bertz CT molecular complexity index is 960. The first-order valence-electron chi connectivity index (χ1n) is 9.82. The summed E-state index contributed by atoms with van der Waals surface area (Å²) in [7, 11) is -5.84. The number of likely N-dealkylation sites (tertiary alicyclic amines) is 1. The summed E-state index contributed by atoms with van der Waals surface area (Å²) in [6.45, 7) is 7.46. The maximum Gasteiger partial charge on any atom is 0.523 e.